The number of hydrogen-bond donors (Lipinski definition) is 1. The van der Waals surface area contributed by atoms with E-state index in [4.69, 9.17) is 16.6 Å². The van der Waals surface area contributed by atoms with Crippen molar-refractivity contribution in [3.63, 3.8) is 0 Å². The molecule has 1 aromatic heterocycles. The molecule has 206 valence electrons. The lowest BCUT2D eigenvalue weighted by atomic mass is 10.0. The summed E-state index contributed by atoms with van der Waals surface area (Å²) in [5.74, 6) is 0.343. The summed E-state index contributed by atoms with van der Waals surface area (Å²) in [6, 6.07) is 11.1. The van der Waals surface area contributed by atoms with Gasteiger partial charge in [-0.15, -0.1) is 0 Å². The molecule has 1 heterocycles. The summed E-state index contributed by atoms with van der Waals surface area (Å²) < 4.78 is 27.6. The monoisotopic (exact) mass is 562 g/mol. The molecular weight excluding hydrogens is 528 g/mol. The molecule has 11 heteroatoms. The van der Waals surface area contributed by atoms with Gasteiger partial charge in [-0.25, -0.2) is 18.2 Å². The first-order valence-corrected chi connectivity index (χ1v) is 14.5. The smallest absolute Gasteiger partial charge is 0.408 e. The van der Waals surface area contributed by atoms with Gasteiger partial charge in [0.25, 0.3) is 5.56 Å². The van der Waals surface area contributed by atoms with Gasteiger partial charge < -0.3 is 5.11 Å². The van der Waals surface area contributed by atoms with Gasteiger partial charge in [0.2, 0.25) is 10.0 Å². The van der Waals surface area contributed by atoms with Crippen LogP contribution in [-0.2, 0) is 16.6 Å². The van der Waals surface area contributed by atoms with Crippen molar-refractivity contribution in [3.05, 3.63) is 69.2 Å². The molecule has 0 fully saturated rings. The molecule has 3 rings (SSSR count). The van der Waals surface area contributed by atoms with Crippen LogP contribution in [0.4, 0.5) is 4.79 Å². The molecule has 1 atom stereocenters. The fourth-order valence-corrected chi connectivity index (χ4v) is 5.81. The van der Waals surface area contributed by atoms with Gasteiger partial charge in [0.15, 0.2) is 0 Å². The lowest BCUT2D eigenvalue weighted by molar-refractivity contribution is 0.0719. The van der Waals surface area contributed by atoms with Gasteiger partial charge in [-0.2, -0.15) is 4.31 Å². The molecule has 3 aromatic rings. The molecule has 0 spiro atoms. The standard InChI is InChI=1S/C27H35ClN4O5S/c1-17(2)15-30(38(7,36)37)16-19-10-8-11-20(14-19)31-24(18(3)32(26(34)35)27(4,5)6)29-22-13-9-12-21(28)23(22)25(31)33/h8-14,17-18H,15-16H2,1-7H3,(H,34,35)/t18-/m0/s1. The van der Waals surface area contributed by atoms with Gasteiger partial charge in [-0.05, 0) is 63.4 Å². The van der Waals surface area contributed by atoms with Crippen LogP contribution in [0, 0.1) is 5.92 Å². The number of aromatic nitrogens is 2. The maximum Gasteiger partial charge on any atom is 0.408 e. The summed E-state index contributed by atoms with van der Waals surface area (Å²) >= 11 is 6.41. The van der Waals surface area contributed by atoms with Crippen LogP contribution < -0.4 is 5.56 Å². The number of carbonyl (C=O) groups is 1. The van der Waals surface area contributed by atoms with E-state index in [-0.39, 0.29) is 28.7 Å². The average Bonchev–Trinajstić information content (AvgIpc) is 2.76. The molecule has 38 heavy (non-hydrogen) atoms. The number of benzene rings is 2. The Bertz CT molecular complexity index is 1510. The van der Waals surface area contributed by atoms with Gasteiger partial charge in [0.1, 0.15) is 5.82 Å². The highest BCUT2D eigenvalue weighted by Crippen LogP contribution is 2.30. The largest absolute Gasteiger partial charge is 0.465 e. The topological polar surface area (TPSA) is 113 Å². The van der Waals surface area contributed by atoms with E-state index >= 15 is 0 Å². The molecule has 2 aromatic carbocycles. The maximum atomic E-state index is 13.9. The van der Waals surface area contributed by atoms with Crippen LogP contribution in [0.25, 0.3) is 16.6 Å². The van der Waals surface area contributed by atoms with E-state index in [1.807, 2.05) is 13.8 Å². The van der Waals surface area contributed by atoms with Crippen LogP contribution >= 0.6 is 11.6 Å². The van der Waals surface area contributed by atoms with E-state index in [1.54, 1.807) is 70.2 Å². The third-order valence-electron chi connectivity index (χ3n) is 6.13. The Labute approximate surface area is 228 Å². The van der Waals surface area contributed by atoms with E-state index in [0.717, 1.165) is 0 Å². The summed E-state index contributed by atoms with van der Waals surface area (Å²) in [6.07, 6.45) is 0.0226. The van der Waals surface area contributed by atoms with Gasteiger partial charge in [-0.1, -0.05) is 43.6 Å². The van der Waals surface area contributed by atoms with Crippen molar-refractivity contribution >= 4 is 38.6 Å². The number of carboxylic acid groups (broad SMARTS) is 1. The van der Waals surface area contributed by atoms with Crippen LogP contribution in [0.3, 0.4) is 0 Å². The zero-order chi connectivity index (χ0) is 28.6. The van der Waals surface area contributed by atoms with Crippen molar-refractivity contribution in [2.75, 3.05) is 12.8 Å². The van der Waals surface area contributed by atoms with Gasteiger partial charge in [0.05, 0.1) is 33.9 Å². The van der Waals surface area contributed by atoms with Crippen LogP contribution in [0.1, 0.15) is 59.0 Å². The number of fused-ring (bicyclic) bond motifs is 1. The van der Waals surface area contributed by atoms with Crippen molar-refractivity contribution in [2.24, 2.45) is 5.92 Å². The van der Waals surface area contributed by atoms with E-state index in [1.165, 1.54) is 20.0 Å². The molecule has 0 aliphatic carbocycles. The highest BCUT2D eigenvalue weighted by Gasteiger charge is 2.34. The SMILES string of the molecule is CC(C)CN(Cc1cccc(-n2c([C@H](C)N(C(=O)O)C(C)(C)C)nc3cccc(Cl)c3c2=O)c1)S(C)(=O)=O. The number of sulfonamides is 1. The Morgan fingerprint density at radius 3 is 2.32 bits per heavy atom. The van der Waals surface area contributed by atoms with Gasteiger partial charge in [-0.3, -0.25) is 14.3 Å². The molecule has 0 radical (unpaired) electrons. The normalized spacial score (nSPS) is 13.3. The highest BCUT2D eigenvalue weighted by atomic mass is 35.5. The molecule has 0 unspecified atom stereocenters. The Morgan fingerprint density at radius 1 is 1.13 bits per heavy atom. The third kappa shape index (κ3) is 6.36. The quantitative estimate of drug-likeness (QED) is 0.399. The number of amides is 1. The van der Waals surface area contributed by atoms with Crippen LogP contribution in [0.5, 0.6) is 0 Å². The summed E-state index contributed by atoms with van der Waals surface area (Å²) in [5, 5.41) is 10.5. The van der Waals surface area contributed by atoms with E-state index < -0.39 is 33.3 Å². The fourth-order valence-electron chi connectivity index (χ4n) is 4.61. The Balaban J connectivity index is 2.28. The number of nitrogens with zero attached hydrogens (tertiary/aromatic N) is 4. The Kier molecular flexibility index (Phi) is 8.60. The maximum absolute atomic E-state index is 13.9. The van der Waals surface area contributed by atoms with Crippen molar-refractivity contribution in [1.82, 2.24) is 18.8 Å². The zero-order valence-corrected chi connectivity index (χ0v) is 24.3. The summed E-state index contributed by atoms with van der Waals surface area (Å²) in [4.78, 5) is 32.2. The Hall–Kier alpha value is -2.95. The number of hydrogen-bond acceptors (Lipinski definition) is 5. The predicted octanol–water partition coefficient (Wildman–Crippen LogP) is 5.30. The second-order valence-corrected chi connectivity index (χ2v) is 13.3. The second-order valence-electron chi connectivity index (χ2n) is 10.9. The summed E-state index contributed by atoms with van der Waals surface area (Å²) in [7, 11) is -3.47. The molecular formula is C27H35ClN4O5S. The van der Waals surface area contributed by atoms with Gasteiger partial charge in [0, 0.05) is 18.6 Å². The predicted molar refractivity (Wildman–Crippen MR) is 150 cm³/mol. The van der Waals surface area contributed by atoms with E-state index in [2.05, 4.69) is 0 Å². The molecule has 0 bridgehead atoms. The van der Waals surface area contributed by atoms with E-state index in [0.29, 0.717) is 23.3 Å². The first-order valence-electron chi connectivity index (χ1n) is 12.3. The van der Waals surface area contributed by atoms with Crippen molar-refractivity contribution in [2.45, 2.75) is 59.7 Å². The van der Waals surface area contributed by atoms with Crippen LogP contribution in [-0.4, -0.2) is 56.7 Å². The molecule has 1 amide bonds. The van der Waals surface area contributed by atoms with Crippen molar-refractivity contribution in [1.29, 1.82) is 0 Å². The lowest BCUT2D eigenvalue weighted by Gasteiger charge is -2.38. The minimum absolute atomic E-state index is 0.120. The number of halogens is 1. The average molecular weight is 563 g/mol. The lowest BCUT2D eigenvalue weighted by Crippen LogP contribution is -2.47. The Morgan fingerprint density at radius 2 is 1.76 bits per heavy atom. The zero-order valence-electron chi connectivity index (χ0n) is 22.8. The molecule has 0 aliphatic heterocycles. The number of rotatable bonds is 8. The fraction of sp³-hybridized carbons (Fsp3) is 0.444. The van der Waals surface area contributed by atoms with Crippen molar-refractivity contribution in [3.8, 4) is 5.69 Å². The minimum Gasteiger partial charge on any atom is -0.465 e. The first-order chi connectivity index (χ1) is 17.5. The van der Waals surface area contributed by atoms with Gasteiger partial charge >= 0.3 is 6.09 Å². The van der Waals surface area contributed by atoms with Crippen LogP contribution in [0.2, 0.25) is 5.02 Å². The summed E-state index contributed by atoms with van der Waals surface area (Å²) in [6.45, 7) is 11.3. The molecule has 0 aliphatic rings. The minimum atomic E-state index is -3.47. The van der Waals surface area contributed by atoms with Crippen molar-refractivity contribution < 1.29 is 18.3 Å². The second kappa shape index (κ2) is 11.0. The summed E-state index contributed by atoms with van der Waals surface area (Å²) in [5.41, 5.74) is 0.230. The molecule has 9 nitrogen and oxygen atoms in total. The third-order valence-corrected chi connectivity index (χ3v) is 7.66. The first kappa shape index (κ1) is 29.6. The molecule has 0 saturated carbocycles. The molecule has 1 N–H and O–H groups in total. The van der Waals surface area contributed by atoms with Crippen LogP contribution in [0.15, 0.2) is 47.3 Å². The van der Waals surface area contributed by atoms with E-state index in [9.17, 15) is 23.1 Å². The highest BCUT2D eigenvalue weighted by molar-refractivity contribution is 7.88. The molecule has 0 saturated heterocycles.